The van der Waals surface area contributed by atoms with Gasteiger partial charge >= 0.3 is 0 Å². The summed E-state index contributed by atoms with van der Waals surface area (Å²) in [4.78, 5) is 2.44. The van der Waals surface area contributed by atoms with Crippen LogP contribution < -0.4 is 4.74 Å². The van der Waals surface area contributed by atoms with E-state index >= 15 is 0 Å². The SMILES string of the molecule is Cn1nccc1CN1CC[C@H](c2cc(CCOc3ccccc3F)[nH]n2)C1. The van der Waals surface area contributed by atoms with Crippen LogP contribution in [0.3, 0.4) is 0 Å². The average Bonchev–Trinajstić information content (AvgIpc) is 3.39. The molecule has 7 heteroatoms. The summed E-state index contributed by atoms with van der Waals surface area (Å²) in [7, 11) is 1.98. The predicted molar refractivity (Wildman–Crippen MR) is 100 cm³/mol. The first-order valence-electron chi connectivity index (χ1n) is 9.30. The van der Waals surface area contributed by atoms with Crippen molar-refractivity contribution in [2.24, 2.45) is 7.05 Å². The second-order valence-corrected chi connectivity index (χ2v) is 7.01. The van der Waals surface area contributed by atoms with E-state index in [-0.39, 0.29) is 5.82 Å². The number of aryl methyl sites for hydroxylation is 1. The van der Waals surface area contributed by atoms with Gasteiger partial charge in [-0.05, 0) is 37.2 Å². The molecule has 0 radical (unpaired) electrons. The minimum absolute atomic E-state index is 0.291. The molecule has 1 aromatic carbocycles. The molecule has 6 nitrogen and oxygen atoms in total. The number of aromatic amines is 1. The molecule has 0 aliphatic carbocycles. The highest BCUT2D eigenvalue weighted by atomic mass is 19.1. The van der Waals surface area contributed by atoms with E-state index in [4.69, 9.17) is 4.74 Å². The van der Waals surface area contributed by atoms with Crippen molar-refractivity contribution in [3.05, 3.63) is 65.5 Å². The second-order valence-electron chi connectivity index (χ2n) is 7.01. The van der Waals surface area contributed by atoms with Crippen LogP contribution in [0, 0.1) is 5.82 Å². The van der Waals surface area contributed by atoms with E-state index in [1.807, 2.05) is 17.9 Å². The van der Waals surface area contributed by atoms with Crippen molar-refractivity contribution in [3.8, 4) is 5.75 Å². The van der Waals surface area contributed by atoms with Crippen LogP contribution in [0.1, 0.15) is 29.4 Å². The smallest absolute Gasteiger partial charge is 0.165 e. The molecule has 1 fully saturated rings. The molecule has 4 rings (SSSR count). The topological polar surface area (TPSA) is 59.0 Å². The van der Waals surface area contributed by atoms with Gasteiger partial charge in [-0.1, -0.05) is 12.1 Å². The highest BCUT2D eigenvalue weighted by Crippen LogP contribution is 2.27. The van der Waals surface area contributed by atoms with E-state index in [1.54, 1.807) is 18.2 Å². The van der Waals surface area contributed by atoms with Gasteiger partial charge in [-0.15, -0.1) is 0 Å². The molecule has 1 atom stereocenters. The van der Waals surface area contributed by atoms with Gasteiger partial charge < -0.3 is 4.74 Å². The van der Waals surface area contributed by atoms with Gasteiger partial charge in [-0.25, -0.2) is 4.39 Å². The summed E-state index contributed by atoms with van der Waals surface area (Å²) >= 11 is 0. The van der Waals surface area contributed by atoms with E-state index in [2.05, 4.69) is 32.3 Å². The lowest BCUT2D eigenvalue weighted by Gasteiger charge is -2.15. The summed E-state index contributed by atoms with van der Waals surface area (Å²) in [5.74, 6) is 0.400. The fourth-order valence-electron chi connectivity index (χ4n) is 3.55. The van der Waals surface area contributed by atoms with Crippen molar-refractivity contribution in [1.82, 2.24) is 24.9 Å². The molecule has 0 unspecified atom stereocenters. The Hall–Kier alpha value is -2.67. The van der Waals surface area contributed by atoms with E-state index in [0.717, 1.165) is 37.4 Å². The van der Waals surface area contributed by atoms with Crippen LogP contribution in [0.4, 0.5) is 4.39 Å². The molecule has 3 aromatic rings. The third kappa shape index (κ3) is 4.19. The largest absolute Gasteiger partial charge is 0.490 e. The van der Waals surface area contributed by atoms with Crippen molar-refractivity contribution >= 4 is 0 Å². The maximum Gasteiger partial charge on any atom is 0.165 e. The second kappa shape index (κ2) is 7.92. The summed E-state index contributed by atoms with van der Waals surface area (Å²) in [6.07, 6.45) is 3.62. The average molecular weight is 369 g/mol. The molecule has 1 N–H and O–H groups in total. The Kier molecular flexibility index (Phi) is 5.20. The van der Waals surface area contributed by atoms with Crippen molar-refractivity contribution < 1.29 is 9.13 Å². The Bertz CT molecular complexity index is 890. The molecular weight excluding hydrogens is 345 g/mol. The molecule has 1 saturated heterocycles. The predicted octanol–water partition coefficient (Wildman–Crippen LogP) is 2.89. The van der Waals surface area contributed by atoms with Crippen molar-refractivity contribution in [1.29, 1.82) is 0 Å². The van der Waals surface area contributed by atoms with Gasteiger partial charge in [-0.2, -0.15) is 10.2 Å². The third-order valence-electron chi connectivity index (χ3n) is 5.12. The quantitative estimate of drug-likeness (QED) is 0.696. The van der Waals surface area contributed by atoms with Crippen LogP contribution in [0.15, 0.2) is 42.6 Å². The Balaban J connectivity index is 1.28. The van der Waals surface area contributed by atoms with Gasteiger partial charge in [-0.3, -0.25) is 14.7 Å². The van der Waals surface area contributed by atoms with Crippen LogP contribution in [0.25, 0.3) is 0 Å². The molecule has 27 heavy (non-hydrogen) atoms. The Labute approximate surface area is 158 Å². The number of benzene rings is 1. The number of H-pyrrole nitrogens is 1. The maximum atomic E-state index is 13.6. The number of rotatable bonds is 7. The summed E-state index contributed by atoms with van der Waals surface area (Å²) < 4.78 is 21.0. The lowest BCUT2D eigenvalue weighted by molar-refractivity contribution is 0.304. The van der Waals surface area contributed by atoms with Gasteiger partial charge in [0.05, 0.1) is 18.0 Å². The standard InChI is InChI=1S/C20H24FN5O/c1-25-17(6-9-22-25)14-26-10-7-15(13-26)19-12-16(23-24-19)8-11-27-20-5-3-2-4-18(20)21/h2-6,9,12,15H,7-8,10-11,13-14H2,1H3,(H,23,24)/t15-/m0/s1. The number of aromatic nitrogens is 4. The van der Waals surface area contributed by atoms with Gasteiger partial charge in [0.1, 0.15) is 0 Å². The zero-order valence-corrected chi connectivity index (χ0v) is 15.4. The lowest BCUT2D eigenvalue weighted by Crippen LogP contribution is -2.21. The first-order chi connectivity index (χ1) is 13.2. The van der Waals surface area contributed by atoms with Gasteiger partial charge in [0, 0.05) is 44.4 Å². The number of nitrogens with one attached hydrogen (secondary N) is 1. The summed E-state index contributed by atoms with van der Waals surface area (Å²) in [5, 5.41) is 11.8. The monoisotopic (exact) mass is 369 g/mol. The Morgan fingerprint density at radius 3 is 3.00 bits per heavy atom. The molecule has 3 heterocycles. The van der Waals surface area contributed by atoms with E-state index in [1.165, 1.54) is 11.8 Å². The first kappa shape index (κ1) is 17.7. The van der Waals surface area contributed by atoms with Gasteiger partial charge in [0.2, 0.25) is 0 Å². The van der Waals surface area contributed by atoms with Crippen molar-refractivity contribution in [3.63, 3.8) is 0 Å². The Morgan fingerprint density at radius 2 is 2.19 bits per heavy atom. The fraction of sp³-hybridized carbons (Fsp3) is 0.400. The molecule has 142 valence electrons. The minimum Gasteiger partial charge on any atom is -0.490 e. The highest BCUT2D eigenvalue weighted by molar-refractivity contribution is 5.23. The highest BCUT2D eigenvalue weighted by Gasteiger charge is 2.26. The van der Waals surface area contributed by atoms with Crippen LogP contribution in [0.5, 0.6) is 5.75 Å². The summed E-state index contributed by atoms with van der Waals surface area (Å²) in [5.41, 5.74) is 3.35. The zero-order chi connectivity index (χ0) is 18.6. The van der Waals surface area contributed by atoms with E-state index in [0.29, 0.717) is 24.7 Å². The maximum absolute atomic E-state index is 13.6. The number of likely N-dealkylation sites (tertiary alicyclic amines) is 1. The number of hydrogen-bond acceptors (Lipinski definition) is 4. The molecule has 0 amide bonds. The molecule has 0 spiro atoms. The zero-order valence-electron chi connectivity index (χ0n) is 15.4. The number of ether oxygens (including phenoxy) is 1. The number of halogens is 1. The van der Waals surface area contributed by atoms with Crippen LogP contribution in [0.2, 0.25) is 0 Å². The molecular formula is C20H24FN5O. The molecule has 2 aromatic heterocycles. The summed E-state index contributed by atoms with van der Waals surface area (Å²) in [6, 6.07) is 10.6. The molecule has 1 aliphatic rings. The number of nitrogens with zero attached hydrogens (tertiary/aromatic N) is 4. The molecule has 0 bridgehead atoms. The first-order valence-corrected chi connectivity index (χ1v) is 9.30. The fourth-order valence-corrected chi connectivity index (χ4v) is 3.55. The van der Waals surface area contributed by atoms with Crippen LogP contribution in [-0.2, 0) is 20.0 Å². The number of hydrogen-bond donors (Lipinski definition) is 1. The third-order valence-corrected chi connectivity index (χ3v) is 5.12. The summed E-state index contributed by atoms with van der Waals surface area (Å²) in [6.45, 7) is 3.40. The van der Waals surface area contributed by atoms with Gasteiger partial charge in [0.25, 0.3) is 0 Å². The Morgan fingerprint density at radius 1 is 1.30 bits per heavy atom. The minimum atomic E-state index is -0.331. The number of para-hydroxylation sites is 1. The van der Waals surface area contributed by atoms with E-state index in [9.17, 15) is 4.39 Å². The van der Waals surface area contributed by atoms with Crippen LogP contribution >= 0.6 is 0 Å². The lowest BCUT2D eigenvalue weighted by atomic mass is 10.0. The molecule has 0 saturated carbocycles. The van der Waals surface area contributed by atoms with Gasteiger partial charge in [0.15, 0.2) is 11.6 Å². The van der Waals surface area contributed by atoms with Crippen molar-refractivity contribution in [2.75, 3.05) is 19.7 Å². The normalized spacial score (nSPS) is 17.5. The van der Waals surface area contributed by atoms with Crippen molar-refractivity contribution in [2.45, 2.75) is 25.3 Å². The van der Waals surface area contributed by atoms with Crippen LogP contribution in [-0.4, -0.2) is 44.6 Å². The molecule has 1 aliphatic heterocycles. The van der Waals surface area contributed by atoms with E-state index < -0.39 is 0 Å².